The van der Waals surface area contributed by atoms with Crippen molar-refractivity contribution >= 4 is 0 Å². The van der Waals surface area contributed by atoms with Crippen LogP contribution in [-0.2, 0) is 6.54 Å². The van der Waals surface area contributed by atoms with Crippen LogP contribution in [0.25, 0.3) is 0 Å². The lowest BCUT2D eigenvalue weighted by molar-refractivity contribution is 0.172. The highest BCUT2D eigenvalue weighted by Gasteiger charge is 2.18. The average Bonchev–Trinajstić information content (AvgIpc) is 2.35. The van der Waals surface area contributed by atoms with Crippen molar-refractivity contribution < 1.29 is 5.11 Å². The van der Waals surface area contributed by atoms with E-state index in [1.807, 2.05) is 12.1 Å². The first-order valence-electron chi connectivity index (χ1n) is 6.78. The number of phenols is 1. The van der Waals surface area contributed by atoms with Gasteiger partial charge in [0, 0.05) is 6.54 Å². The van der Waals surface area contributed by atoms with Crippen LogP contribution in [0.5, 0.6) is 5.75 Å². The summed E-state index contributed by atoms with van der Waals surface area (Å²) in [6.45, 7) is 5.76. The van der Waals surface area contributed by atoms with Crippen molar-refractivity contribution in [1.29, 1.82) is 0 Å². The normalized spacial score (nSPS) is 18.4. The Kier molecular flexibility index (Phi) is 4.43. The van der Waals surface area contributed by atoms with Crippen LogP contribution in [0.2, 0.25) is 0 Å². The van der Waals surface area contributed by atoms with Crippen molar-refractivity contribution in [2.24, 2.45) is 5.92 Å². The standard InChI is InChI=1S/C15H23NO/c1-2-3-13-8-10-16(11-9-13)12-14-4-6-15(17)7-5-14/h4-7,13,17H,2-3,8-12H2,1H3. The van der Waals surface area contributed by atoms with E-state index in [9.17, 15) is 5.11 Å². The van der Waals surface area contributed by atoms with Gasteiger partial charge in [-0.1, -0.05) is 31.9 Å². The van der Waals surface area contributed by atoms with Gasteiger partial charge in [-0.3, -0.25) is 4.90 Å². The highest BCUT2D eigenvalue weighted by molar-refractivity contribution is 5.25. The van der Waals surface area contributed by atoms with E-state index in [1.165, 1.54) is 44.3 Å². The minimum Gasteiger partial charge on any atom is -0.508 e. The van der Waals surface area contributed by atoms with E-state index in [1.54, 1.807) is 12.1 Å². The Balaban J connectivity index is 1.79. The van der Waals surface area contributed by atoms with Crippen LogP contribution in [0, 0.1) is 5.92 Å². The molecule has 1 N–H and O–H groups in total. The van der Waals surface area contributed by atoms with Gasteiger partial charge in [-0.25, -0.2) is 0 Å². The van der Waals surface area contributed by atoms with E-state index in [0.29, 0.717) is 5.75 Å². The van der Waals surface area contributed by atoms with E-state index in [0.717, 1.165) is 12.5 Å². The van der Waals surface area contributed by atoms with Gasteiger partial charge in [0.1, 0.15) is 5.75 Å². The van der Waals surface area contributed by atoms with Crippen molar-refractivity contribution in [3.63, 3.8) is 0 Å². The van der Waals surface area contributed by atoms with Gasteiger partial charge >= 0.3 is 0 Å². The first kappa shape index (κ1) is 12.4. The lowest BCUT2D eigenvalue weighted by atomic mass is 9.92. The van der Waals surface area contributed by atoms with Gasteiger partial charge in [-0.2, -0.15) is 0 Å². The summed E-state index contributed by atoms with van der Waals surface area (Å²) in [5.74, 6) is 1.31. The van der Waals surface area contributed by atoms with E-state index in [4.69, 9.17) is 0 Å². The zero-order valence-electron chi connectivity index (χ0n) is 10.7. The van der Waals surface area contributed by atoms with Gasteiger partial charge in [-0.15, -0.1) is 0 Å². The third kappa shape index (κ3) is 3.74. The molecule has 2 nitrogen and oxygen atoms in total. The molecule has 0 bridgehead atoms. The molecule has 0 saturated carbocycles. The molecule has 0 radical (unpaired) electrons. The zero-order valence-corrected chi connectivity index (χ0v) is 10.7. The second kappa shape index (κ2) is 6.06. The average molecular weight is 233 g/mol. The van der Waals surface area contributed by atoms with E-state index in [2.05, 4.69) is 11.8 Å². The molecule has 0 atom stereocenters. The molecule has 1 saturated heterocycles. The summed E-state index contributed by atoms with van der Waals surface area (Å²) in [6.07, 6.45) is 5.42. The second-order valence-electron chi connectivity index (χ2n) is 5.17. The number of phenolic OH excluding ortho intramolecular Hbond substituents is 1. The molecule has 1 aromatic rings. The number of hydrogen-bond acceptors (Lipinski definition) is 2. The minimum atomic E-state index is 0.357. The fourth-order valence-corrected chi connectivity index (χ4v) is 2.70. The summed E-state index contributed by atoms with van der Waals surface area (Å²) in [7, 11) is 0. The Hall–Kier alpha value is -1.02. The largest absolute Gasteiger partial charge is 0.508 e. The van der Waals surface area contributed by atoms with Crippen LogP contribution < -0.4 is 0 Å². The third-order valence-corrected chi connectivity index (χ3v) is 3.75. The van der Waals surface area contributed by atoms with Gasteiger partial charge in [0.25, 0.3) is 0 Å². The van der Waals surface area contributed by atoms with Gasteiger partial charge in [0.2, 0.25) is 0 Å². The van der Waals surface area contributed by atoms with Gasteiger partial charge < -0.3 is 5.11 Å². The fraction of sp³-hybridized carbons (Fsp3) is 0.600. The fourth-order valence-electron chi connectivity index (χ4n) is 2.70. The molecule has 0 aliphatic carbocycles. The molecule has 0 amide bonds. The van der Waals surface area contributed by atoms with Crippen molar-refractivity contribution in [1.82, 2.24) is 4.90 Å². The van der Waals surface area contributed by atoms with E-state index in [-0.39, 0.29) is 0 Å². The topological polar surface area (TPSA) is 23.5 Å². The third-order valence-electron chi connectivity index (χ3n) is 3.75. The molecule has 0 spiro atoms. The summed E-state index contributed by atoms with van der Waals surface area (Å²) in [5, 5.41) is 9.24. The Labute approximate surface area is 104 Å². The Bertz CT molecular complexity index is 325. The first-order valence-corrected chi connectivity index (χ1v) is 6.78. The number of aromatic hydroxyl groups is 1. The monoisotopic (exact) mass is 233 g/mol. The minimum absolute atomic E-state index is 0.357. The smallest absolute Gasteiger partial charge is 0.115 e. The maximum Gasteiger partial charge on any atom is 0.115 e. The summed E-state index contributed by atoms with van der Waals surface area (Å²) < 4.78 is 0. The molecular weight excluding hydrogens is 210 g/mol. The van der Waals surface area contributed by atoms with Crippen LogP contribution in [0.15, 0.2) is 24.3 Å². The molecule has 1 aromatic carbocycles. The summed E-state index contributed by atoms with van der Waals surface area (Å²) >= 11 is 0. The van der Waals surface area contributed by atoms with Gasteiger partial charge in [-0.05, 0) is 49.5 Å². The quantitative estimate of drug-likeness (QED) is 0.861. The molecule has 1 aliphatic heterocycles. The molecule has 0 aromatic heterocycles. The van der Waals surface area contributed by atoms with Crippen LogP contribution in [0.4, 0.5) is 0 Å². The maximum absolute atomic E-state index is 9.24. The Morgan fingerprint density at radius 2 is 1.82 bits per heavy atom. The van der Waals surface area contributed by atoms with Crippen molar-refractivity contribution in [2.45, 2.75) is 39.2 Å². The molecule has 1 heterocycles. The lowest BCUT2D eigenvalue weighted by Gasteiger charge is -2.31. The predicted molar refractivity (Wildman–Crippen MR) is 71.0 cm³/mol. The SMILES string of the molecule is CCCC1CCN(Cc2ccc(O)cc2)CC1. The molecule has 94 valence electrons. The molecule has 2 heteroatoms. The van der Waals surface area contributed by atoms with Gasteiger partial charge in [0.15, 0.2) is 0 Å². The van der Waals surface area contributed by atoms with Crippen LogP contribution in [-0.4, -0.2) is 23.1 Å². The molecule has 2 rings (SSSR count). The van der Waals surface area contributed by atoms with Crippen molar-refractivity contribution in [2.75, 3.05) is 13.1 Å². The lowest BCUT2D eigenvalue weighted by Crippen LogP contribution is -2.33. The highest BCUT2D eigenvalue weighted by atomic mass is 16.3. The van der Waals surface area contributed by atoms with E-state index < -0.39 is 0 Å². The molecule has 0 unspecified atom stereocenters. The molecule has 1 fully saturated rings. The maximum atomic E-state index is 9.24. The summed E-state index contributed by atoms with van der Waals surface area (Å²) in [4.78, 5) is 2.53. The Morgan fingerprint density at radius 3 is 2.41 bits per heavy atom. The second-order valence-corrected chi connectivity index (χ2v) is 5.17. The Morgan fingerprint density at radius 1 is 1.18 bits per heavy atom. The zero-order chi connectivity index (χ0) is 12.1. The van der Waals surface area contributed by atoms with Crippen LogP contribution in [0.1, 0.15) is 38.2 Å². The predicted octanol–water partition coefficient (Wildman–Crippen LogP) is 3.40. The summed E-state index contributed by atoms with van der Waals surface area (Å²) in [5.41, 5.74) is 1.30. The number of benzene rings is 1. The molecular formula is C15H23NO. The first-order chi connectivity index (χ1) is 8.28. The van der Waals surface area contributed by atoms with E-state index >= 15 is 0 Å². The highest BCUT2D eigenvalue weighted by Crippen LogP contribution is 2.23. The van der Waals surface area contributed by atoms with Gasteiger partial charge in [0.05, 0.1) is 0 Å². The van der Waals surface area contributed by atoms with Crippen molar-refractivity contribution in [3.8, 4) is 5.75 Å². The van der Waals surface area contributed by atoms with Crippen LogP contribution >= 0.6 is 0 Å². The summed E-state index contributed by atoms with van der Waals surface area (Å²) in [6, 6.07) is 7.60. The number of nitrogens with zero attached hydrogens (tertiary/aromatic N) is 1. The van der Waals surface area contributed by atoms with Crippen LogP contribution in [0.3, 0.4) is 0 Å². The van der Waals surface area contributed by atoms with Crippen molar-refractivity contribution in [3.05, 3.63) is 29.8 Å². The molecule has 1 aliphatic rings. The number of hydrogen-bond donors (Lipinski definition) is 1. The number of rotatable bonds is 4. The number of piperidine rings is 1. The molecule has 17 heavy (non-hydrogen) atoms. The number of likely N-dealkylation sites (tertiary alicyclic amines) is 1.